The molecule has 0 aromatic heterocycles. The molecule has 0 spiro atoms. The van der Waals surface area contributed by atoms with Gasteiger partial charge in [0, 0.05) is 11.7 Å². The number of nitrogens with two attached hydrogens (primary N) is 2. The number of hydrogen-bond acceptors (Lipinski definition) is 2. The Kier molecular flexibility index (Phi) is 1.81. The van der Waals surface area contributed by atoms with Gasteiger partial charge >= 0.3 is 0 Å². The topological polar surface area (TPSA) is 52.0 Å². The van der Waals surface area contributed by atoms with Crippen molar-refractivity contribution in [3.8, 4) is 0 Å². The van der Waals surface area contributed by atoms with E-state index >= 15 is 0 Å². The lowest BCUT2D eigenvalue weighted by Gasteiger charge is -2.19. The van der Waals surface area contributed by atoms with Crippen LogP contribution in [0.2, 0.25) is 0 Å². The Hall–Kier alpha value is -0.760. The van der Waals surface area contributed by atoms with Crippen molar-refractivity contribution in [2.24, 2.45) is 11.5 Å². The van der Waals surface area contributed by atoms with Crippen molar-refractivity contribution < 1.29 is 0 Å². The number of allylic oxidation sites excluding steroid dienone is 2. The van der Waals surface area contributed by atoms with Gasteiger partial charge in [0.05, 0.1) is 0 Å². The summed E-state index contributed by atoms with van der Waals surface area (Å²) >= 11 is 0. The summed E-state index contributed by atoms with van der Waals surface area (Å²) in [5, 5.41) is 0. The molecule has 0 aliphatic heterocycles. The molecular formula is C8H14N2. The molecule has 2 heteroatoms. The van der Waals surface area contributed by atoms with Gasteiger partial charge in [-0.2, -0.15) is 0 Å². The summed E-state index contributed by atoms with van der Waals surface area (Å²) < 4.78 is 0. The molecule has 1 rings (SSSR count). The molecule has 0 aromatic rings. The minimum Gasteiger partial charge on any atom is -0.401 e. The van der Waals surface area contributed by atoms with Crippen molar-refractivity contribution >= 4 is 0 Å². The highest BCUT2D eigenvalue weighted by Crippen LogP contribution is 2.19. The maximum Gasteiger partial charge on any atom is 0.0480 e. The van der Waals surface area contributed by atoms with Crippen molar-refractivity contribution in [1.82, 2.24) is 0 Å². The molecule has 1 aliphatic carbocycles. The van der Waals surface area contributed by atoms with Crippen LogP contribution in [0.3, 0.4) is 0 Å². The van der Waals surface area contributed by atoms with Gasteiger partial charge in [-0.3, -0.25) is 0 Å². The van der Waals surface area contributed by atoms with Crippen LogP contribution in [0.1, 0.15) is 20.3 Å². The van der Waals surface area contributed by atoms with Gasteiger partial charge in [0.25, 0.3) is 0 Å². The van der Waals surface area contributed by atoms with Crippen LogP contribution in [-0.2, 0) is 0 Å². The Labute approximate surface area is 61.6 Å². The fourth-order valence-corrected chi connectivity index (χ4v) is 1.09. The van der Waals surface area contributed by atoms with Crippen LogP contribution in [0, 0.1) is 0 Å². The van der Waals surface area contributed by atoms with E-state index in [-0.39, 0.29) is 6.04 Å². The molecule has 0 heterocycles. The summed E-state index contributed by atoms with van der Waals surface area (Å²) in [6.07, 6.45) is 2.87. The third-order valence-electron chi connectivity index (χ3n) is 2.01. The first-order valence-corrected chi connectivity index (χ1v) is 3.50. The van der Waals surface area contributed by atoms with Crippen molar-refractivity contribution in [2.75, 3.05) is 0 Å². The molecule has 0 fully saturated rings. The SMILES string of the molecule is CC1=C(C)CC(N)C(N)=C1. The van der Waals surface area contributed by atoms with Crippen LogP contribution in [0.25, 0.3) is 0 Å². The summed E-state index contributed by atoms with van der Waals surface area (Å²) in [5.74, 6) is 0. The third-order valence-corrected chi connectivity index (χ3v) is 2.01. The lowest BCUT2D eigenvalue weighted by Crippen LogP contribution is -2.29. The molecular weight excluding hydrogens is 124 g/mol. The molecule has 1 aliphatic rings. The molecule has 0 radical (unpaired) electrons. The average Bonchev–Trinajstić information content (AvgIpc) is 1.84. The summed E-state index contributed by atoms with van der Waals surface area (Å²) in [6.45, 7) is 4.16. The third kappa shape index (κ3) is 1.21. The van der Waals surface area contributed by atoms with Gasteiger partial charge in [-0.25, -0.2) is 0 Å². The van der Waals surface area contributed by atoms with Crippen molar-refractivity contribution in [2.45, 2.75) is 26.3 Å². The summed E-state index contributed by atoms with van der Waals surface area (Å²) in [5.41, 5.74) is 14.8. The van der Waals surface area contributed by atoms with E-state index in [1.54, 1.807) is 0 Å². The first kappa shape index (κ1) is 7.35. The average molecular weight is 138 g/mol. The van der Waals surface area contributed by atoms with E-state index < -0.39 is 0 Å². The van der Waals surface area contributed by atoms with Crippen LogP contribution >= 0.6 is 0 Å². The second-order valence-corrected chi connectivity index (χ2v) is 2.92. The Balaban J connectivity index is 2.88. The minimum atomic E-state index is 0.0451. The molecule has 0 bridgehead atoms. The molecule has 1 unspecified atom stereocenters. The zero-order valence-electron chi connectivity index (χ0n) is 6.52. The highest BCUT2D eigenvalue weighted by molar-refractivity contribution is 5.33. The van der Waals surface area contributed by atoms with E-state index in [1.165, 1.54) is 11.1 Å². The van der Waals surface area contributed by atoms with Gasteiger partial charge in [-0.05, 0) is 26.3 Å². The summed E-state index contributed by atoms with van der Waals surface area (Å²) in [4.78, 5) is 0. The molecule has 56 valence electrons. The molecule has 0 aromatic carbocycles. The Morgan fingerprint density at radius 3 is 2.60 bits per heavy atom. The van der Waals surface area contributed by atoms with Crippen LogP contribution in [-0.4, -0.2) is 6.04 Å². The fourth-order valence-electron chi connectivity index (χ4n) is 1.09. The van der Waals surface area contributed by atoms with Gasteiger partial charge in [-0.15, -0.1) is 0 Å². The maximum atomic E-state index is 5.70. The smallest absolute Gasteiger partial charge is 0.0480 e. The van der Waals surface area contributed by atoms with E-state index in [0.717, 1.165) is 12.1 Å². The van der Waals surface area contributed by atoms with Crippen LogP contribution < -0.4 is 11.5 Å². The predicted molar refractivity (Wildman–Crippen MR) is 43.2 cm³/mol. The van der Waals surface area contributed by atoms with Gasteiger partial charge in [0.2, 0.25) is 0 Å². The van der Waals surface area contributed by atoms with Gasteiger partial charge < -0.3 is 11.5 Å². The first-order chi connectivity index (χ1) is 4.61. The number of rotatable bonds is 0. The van der Waals surface area contributed by atoms with E-state index in [4.69, 9.17) is 11.5 Å². The van der Waals surface area contributed by atoms with Crippen LogP contribution in [0.5, 0.6) is 0 Å². The number of hydrogen-bond donors (Lipinski definition) is 2. The molecule has 0 saturated carbocycles. The zero-order valence-corrected chi connectivity index (χ0v) is 6.52. The molecule has 4 N–H and O–H groups in total. The quantitative estimate of drug-likeness (QED) is 0.522. The highest BCUT2D eigenvalue weighted by Gasteiger charge is 2.12. The minimum absolute atomic E-state index is 0.0451. The predicted octanol–water partition coefficient (Wildman–Crippen LogP) is 0.896. The molecule has 1 atom stereocenters. The second-order valence-electron chi connectivity index (χ2n) is 2.92. The standard InChI is InChI=1S/C8H14N2/c1-5-3-7(9)8(10)4-6(5)2/h3,8H,4,9-10H2,1-2H3. The zero-order chi connectivity index (χ0) is 7.72. The lowest BCUT2D eigenvalue weighted by atomic mass is 9.95. The normalized spacial score (nSPS) is 26.7. The van der Waals surface area contributed by atoms with E-state index in [9.17, 15) is 0 Å². The maximum absolute atomic E-state index is 5.70. The molecule has 2 nitrogen and oxygen atoms in total. The Morgan fingerprint density at radius 2 is 2.10 bits per heavy atom. The Bertz CT molecular complexity index is 201. The summed E-state index contributed by atoms with van der Waals surface area (Å²) in [6, 6.07) is 0.0451. The molecule has 0 amide bonds. The van der Waals surface area contributed by atoms with Crippen LogP contribution in [0.15, 0.2) is 22.9 Å². The first-order valence-electron chi connectivity index (χ1n) is 3.50. The van der Waals surface area contributed by atoms with E-state index in [0.29, 0.717) is 0 Å². The van der Waals surface area contributed by atoms with E-state index in [1.807, 2.05) is 6.08 Å². The van der Waals surface area contributed by atoms with Crippen molar-refractivity contribution in [3.63, 3.8) is 0 Å². The second kappa shape index (κ2) is 2.46. The molecule has 10 heavy (non-hydrogen) atoms. The lowest BCUT2D eigenvalue weighted by molar-refractivity contribution is 0.727. The van der Waals surface area contributed by atoms with Gasteiger partial charge in [0.1, 0.15) is 0 Å². The fraction of sp³-hybridized carbons (Fsp3) is 0.500. The monoisotopic (exact) mass is 138 g/mol. The highest BCUT2D eigenvalue weighted by atomic mass is 14.7. The van der Waals surface area contributed by atoms with Gasteiger partial charge in [-0.1, -0.05) is 11.1 Å². The molecule has 0 saturated heterocycles. The van der Waals surface area contributed by atoms with Crippen molar-refractivity contribution in [3.05, 3.63) is 22.9 Å². The largest absolute Gasteiger partial charge is 0.401 e. The van der Waals surface area contributed by atoms with Crippen molar-refractivity contribution in [1.29, 1.82) is 0 Å². The Morgan fingerprint density at radius 1 is 1.50 bits per heavy atom. The summed E-state index contributed by atoms with van der Waals surface area (Å²) in [7, 11) is 0. The van der Waals surface area contributed by atoms with E-state index in [2.05, 4.69) is 13.8 Å². The van der Waals surface area contributed by atoms with Gasteiger partial charge in [0.15, 0.2) is 0 Å². The van der Waals surface area contributed by atoms with Crippen LogP contribution in [0.4, 0.5) is 0 Å².